The fourth-order valence-electron chi connectivity index (χ4n) is 4.52. The van der Waals surface area contributed by atoms with Crippen LogP contribution < -0.4 is 9.64 Å². The number of aromatic nitrogens is 5. The lowest BCUT2D eigenvalue weighted by Crippen LogP contribution is -2.44. The summed E-state index contributed by atoms with van der Waals surface area (Å²) in [6.07, 6.45) is 5.44. The van der Waals surface area contributed by atoms with Crippen LogP contribution >= 0.6 is 0 Å². The molecule has 166 valence electrons. The Balaban J connectivity index is 1.43. The van der Waals surface area contributed by atoms with Gasteiger partial charge in [0.15, 0.2) is 0 Å². The van der Waals surface area contributed by atoms with Crippen LogP contribution in [0.5, 0.6) is 5.75 Å². The molecule has 33 heavy (non-hydrogen) atoms. The van der Waals surface area contributed by atoms with E-state index in [0.717, 1.165) is 82.1 Å². The van der Waals surface area contributed by atoms with Crippen molar-refractivity contribution in [2.24, 2.45) is 0 Å². The van der Waals surface area contributed by atoms with Gasteiger partial charge in [-0.3, -0.25) is 10.1 Å². The number of piperazine rings is 1. The molecule has 2 N–H and O–H groups in total. The largest absolute Gasteiger partial charge is 0.495 e. The molecule has 0 amide bonds. The Hall–Kier alpha value is -3.91. The van der Waals surface area contributed by atoms with Gasteiger partial charge < -0.3 is 19.5 Å². The highest BCUT2D eigenvalue weighted by Crippen LogP contribution is 2.34. The molecule has 5 aromatic rings. The molecule has 1 fully saturated rings. The summed E-state index contributed by atoms with van der Waals surface area (Å²) >= 11 is 0. The lowest BCUT2D eigenvalue weighted by atomic mass is 10.0. The third-order valence-corrected chi connectivity index (χ3v) is 6.43. The highest BCUT2D eigenvalue weighted by molar-refractivity contribution is 6.00. The molecule has 4 aromatic heterocycles. The van der Waals surface area contributed by atoms with Crippen LogP contribution in [0.25, 0.3) is 44.3 Å². The van der Waals surface area contributed by atoms with Gasteiger partial charge in [-0.15, -0.1) is 0 Å². The number of fused-ring (bicyclic) bond motifs is 2. The van der Waals surface area contributed by atoms with Gasteiger partial charge >= 0.3 is 0 Å². The fraction of sp³-hybridized carbons (Fsp3) is 0.240. The van der Waals surface area contributed by atoms with Crippen LogP contribution in [0.4, 0.5) is 5.82 Å². The molecule has 0 unspecified atom stereocenters. The summed E-state index contributed by atoms with van der Waals surface area (Å²) in [5, 5.41) is 10.00. The SMILES string of the molecule is COc1cncc(-c2ccc3[nH]nc(-c4cc5c(N6CCN(C)CC6)nccc5[nH]4)c3c2)c1. The second-order valence-electron chi connectivity index (χ2n) is 8.52. The van der Waals surface area contributed by atoms with E-state index in [0.29, 0.717) is 0 Å². The molecule has 0 saturated carbocycles. The van der Waals surface area contributed by atoms with Crippen molar-refractivity contribution in [3.05, 3.63) is 55.0 Å². The average Bonchev–Trinajstić information content (AvgIpc) is 3.48. The second-order valence-corrected chi connectivity index (χ2v) is 8.52. The van der Waals surface area contributed by atoms with E-state index in [-0.39, 0.29) is 0 Å². The van der Waals surface area contributed by atoms with E-state index in [1.165, 1.54) is 0 Å². The van der Waals surface area contributed by atoms with Gasteiger partial charge in [-0.2, -0.15) is 5.10 Å². The first kappa shape index (κ1) is 19.8. The van der Waals surface area contributed by atoms with Gasteiger partial charge in [0.2, 0.25) is 0 Å². The van der Waals surface area contributed by atoms with Crippen molar-refractivity contribution < 1.29 is 4.74 Å². The molecule has 1 aliphatic rings. The molecule has 1 aliphatic heterocycles. The Kier molecular flexibility index (Phi) is 4.73. The number of ether oxygens (including phenoxy) is 1. The van der Waals surface area contributed by atoms with Crippen molar-refractivity contribution in [3.8, 4) is 28.3 Å². The standard InChI is InChI=1S/C25H25N7O/c1-31-7-9-32(10-8-31)25-20-13-23(28-21(20)5-6-27-25)24-19-12-16(3-4-22(19)29-30-24)17-11-18(33-2)15-26-14-17/h3-6,11-15,28H,7-10H2,1-2H3,(H,29,30). The van der Waals surface area contributed by atoms with Crippen LogP contribution in [0.3, 0.4) is 0 Å². The van der Waals surface area contributed by atoms with Gasteiger partial charge in [-0.1, -0.05) is 6.07 Å². The number of nitrogens with one attached hydrogen (secondary N) is 2. The molecule has 1 aromatic carbocycles. The summed E-state index contributed by atoms with van der Waals surface area (Å²) in [5.41, 5.74) is 5.98. The molecule has 1 saturated heterocycles. The zero-order chi connectivity index (χ0) is 22.4. The van der Waals surface area contributed by atoms with Crippen molar-refractivity contribution in [3.63, 3.8) is 0 Å². The van der Waals surface area contributed by atoms with E-state index in [2.05, 4.69) is 61.3 Å². The highest BCUT2D eigenvalue weighted by Gasteiger charge is 2.20. The van der Waals surface area contributed by atoms with Crippen LogP contribution in [0.1, 0.15) is 0 Å². The first-order valence-electron chi connectivity index (χ1n) is 11.1. The van der Waals surface area contributed by atoms with Crippen molar-refractivity contribution in [2.75, 3.05) is 45.2 Å². The summed E-state index contributed by atoms with van der Waals surface area (Å²) in [7, 11) is 3.82. The summed E-state index contributed by atoms with van der Waals surface area (Å²) in [5.74, 6) is 1.77. The van der Waals surface area contributed by atoms with E-state index in [1.807, 2.05) is 24.5 Å². The van der Waals surface area contributed by atoms with Gasteiger partial charge in [-0.25, -0.2) is 4.98 Å². The Labute approximate surface area is 191 Å². The fourth-order valence-corrected chi connectivity index (χ4v) is 4.52. The number of aromatic amines is 2. The average molecular weight is 440 g/mol. The van der Waals surface area contributed by atoms with E-state index >= 15 is 0 Å². The maximum Gasteiger partial charge on any atom is 0.138 e. The molecule has 8 heteroatoms. The van der Waals surface area contributed by atoms with Gasteiger partial charge in [-0.05, 0) is 42.9 Å². The third-order valence-electron chi connectivity index (χ3n) is 6.43. The zero-order valence-electron chi connectivity index (χ0n) is 18.7. The summed E-state index contributed by atoms with van der Waals surface area (Å²) in [4.78, 5) is 17.3. The smallest absolute Gasteiger partial charge is 0.138 e. The van der Waals surface area contributed by atoms with Crippen molar-refractivity contribution >= 4 is 27.6 Å². The van der Waals surface area contributed by atoms with Crippen LogP contribution in [0.2, 0.25) is 0 Å². The van der Waals surface area contributed by atoms with Crippen LogP contribution in [0, 0.1) is 0 Å². The molecule has 8 nitrogen and oxygen atoms in total. The minimum atomic E-state index is 0.736. The van der Waals surface area contributed by atoms with Crippen molar-refractivity contribution in [1.82, 2.24) is 30.0 Å². The molecule has 0 bridgehead atoms. The Morgan fingerprint density at radius 1 is 0.909 bits per heavy atom. The van der Waals surface area contributed by atoms with Gasteiger partial charge in [0.1, 0.15) is 17.3 Å². The lowest BCUT2D eigenvalue weighted by molar-refractivity contribution is 0.312. The lowest BCUT2D eigenvalue weighted by Gasteiger charge is -2.33. The normalized spacial score (nSPS) is 14.9. The van der Waals surface area contributed by atoms with E-state index in [9.17, 15) is 0 Å². The Bertz CT molecular complexity index is 1450. The monoisotopic (exact) mass is 439 g/mol. The molecular formula is C25H25N7O. The van der Waals surface area contributed by atoms with Gasteiger partial charge in [0, 0.05) is 54.9 Å². The molecule has 0 spiro atoms. The van der Waals surface area contributed by atoms with Crippen LogP contribution in [-0.2, 0) is 0 Å². The molecule has 0 radical (unpaired) electrons. The number of likely N-dealkylation sites (N-methyl/N-ethyl adjacent to an activating group) is 1. The topological polar surface area (TPSA) is 86.0 Å². The summed E-state index contributed by atoms with van der Waals surface area (Å²) < 4.78 is 5.34. The number of benzene rings is 1. The summed E-state index contributed by atoms with van der Waals surface area (Å²) in [6.45, 7) is 4.04. The second kappa shape index (κ2) is 7.90. The van der Waals surface area contributed by atoms with E-state index in [4.69, 9.17) is 9.72 Å². The number of anilines is 1. The van der Waals surface area contributed by atoms with Gasteiger partial charge in [0.25, 0.3) is 0 Å². The molecule has 0 aliphatic carbocycles. The number of hydrogen-bond acceptors (Lipinski definition) is 6. The third kappa shape index (κ3) is 3.48. The maximum absolute atomic E-state index is 5.34. The van der Waals surface area contributed by atoms with Crippen molar-refractivity contribution in [2.45, 2.75) is 0 Å². The summed E-state index contributed by atoms with van der Waals surface area (Å²) in [6, 6.07) is 12.5. The number of hydrogen-bond donors (Lipinski definition) is 2. The minimum absolute atomic E-state index is 0.736. The number of rotatable bonds is 4. The van der Waals surface area contributed by atoms with Crippen molar-refractivity contribution in [1.29, 1.82) is 0 Å². The molecule has 5 heterocycles. The number of pyridine rings is 2. The number of methoxy groups -OCH3 is 1. The molecule has 0 atom stereocenters. The van der Waals surface area contributed by atoms with Crippen LogP contribution in [0.15, 0.2) is 55.0 Å². The van der Waals surface area contributed by atoms with Gasteiger partial charge in [0.05, 0.1) is 30.0 Å². The minimum Gasteiger partial charge on any atom is -0.495 e. The number of H-pyrrole nitrogens is 2. The first-order chi connectivity index (χ1) is 16.2. The molecular weight excluding hydrogens is 414 g/mol. The number of nitrogens with zero attached hydrogens (tertiary/aromatic N) is 5. The highest BCUT2D eigenvalue weighted by atomic mass is 16.5. The first-order valence-corrected chi connectivity index (χ1v) is 11.1. The predicted octanol–water partition coefficient (Wildman–Crippen LogP) is 3.93. The quantitative estimate of drug-likeness (QED) is 0.441. The Morgan fingerprint density at radius 3 is 2.64 bits per heavy atom. The zero-order valence-corrected chi connectivity index (χ0v) is 18.7. The predicted molar refractivity (Wildman–Crippen MR) is 131 cm³/mol. The maximum atomic E-state index is 5.34. The Morgan fingerprint density at radius 2 is 1.79 bits per heavy atom. The van der Waals surface area contributed by atoms with E-state index < -0.39 is 0 Å². The van der Waals surface area contributed by atoms with E-state index in [1.54, 1.807) is 13.3 Å². The molecule has 6 rings (SSSR count). The van der Waals surface area contributed by atoms with Crippen LogP contribution in [-0.4, -0.2) is 70.4 Å².